The molecule has 7 heteroatoms. The Hall–Kier alpha value is -2.34. The van der Waals surface area contributed by atoms with Gasteiger partial charge in [0.2, 0.25) is 0 Å². The summed E-state index contributed by atoms with van der Waals surface area (Å²) in [6.07, 6.45) is -0.120. The molecule has 2 amide bonds. The Morgan fingerprint density at radius 2 is 1.55 bits per heavy atom. The number of carbonyl (C=O) groups excluding carboxylic acids is 2. The third-order valence-electron chi connectivity index (χ3n) is 5.03. The van der Waals surface area contributed by atoms with Crippen LogP contribution in [0.3, 0.4) is 0 Å². The maximum Gasteiger partial charge on any atom is 0.282 e. The van der Waals surface area contributed by atoms with Crippen molar-refractivity contribution in [3.05, 3.63) is 69.8 Å². The van der Waals surface area contributed by atoms with Crippen LogP contribution in [-0.2, 0) is 14.3 Å². The lowest BCUT2D eigenvalue weighted by Crippen LogP contribution is -2.47. The summed E-state index contributed by atoms with van der Waals surface area (Å²) in [6.45, 7) is 4.95. The first-order chi connectivity index (χ1) is 13.9. The number of benzene rings is 2. The predicted molar refractivity (Wildman–Crippen MR) is 114 cm³/mol. The summed E-state index contributed by atoms with van der Waals surface area (Å²) in [7, 11) is 0. The van der Waals surface area contributed by atoms with E-state index in [9.17, 15) is 9.59 Å². The fourth-order valence-corrected chi connectivity index (χ4v) is 4.30. The number of nitrogens with zero attached hydrogens (tertiary/aromatic N) is 2. The highest BCUT2D eigenvalue weighted by atomic mass is 35.5. The minimum Gasteiger partial charge on any atom is -0.372 e. The Morgan fingerprint density at radius 1 is 0.897 bits per heavy atom. The zero-order valence-corrected chi connectivity index (χ0v) is 17.6. The summed E-state index contributed by atoms with van der Waals surface area (Å²) in [5.41, 5.74) is 1.72. The van der Waals surface area contributed by atoms with Crippen molar-refractivity contribution >= 4 is 46.3 Å². The number of morpholine rings is 1. The molecule has 0 saturated carbocycles. The average Bonchev–Trinajstić information content (AvgIpc) is 2.94. The van der Waals surface area contributed by atoms with Crippen LogP contribution < -0.4 is 4.90 Å². The molecule has 2 unspecified atom stereocenters. The van der Waals surface area contributed by atoms with E-state index in [1.807, 2.05) is 49.1 Å². The molecule has 1 saturated heterocycles. The maximum absolute atomic E-state index is 13.5. The number of amides is 2. The summed E-state index contributed by atoms with van der Waals surface area (Å²) in [6, 6.07) is 14.1. The van der Waals surface area contributed by atoms with Gasteiger partial charge in [-0.25, -0.2) is 4.90 Å². The molecule has 0 spiro atoms. The second-order valence-corrected chi connectivity index (χ2v) is 8.06. The Balaban J connectivity index is 1.86. The number of carbonyl (C=O) groups is 2. The Bertz CT molecular complexity index is 996. The molecule has 0 bridgehead atoms. The van der Waals surface area contributed by atoms with Crippen molar-refractivity contribution in [2.24, 2.45) is 0 Å². The van der Waals surface area contributed by atoms with Crippen LogP contribution in [0.5, 0.6) is 0 Å². The molecule has 2 heterocycles. The molecule has 2 atom stereocenters. The molecule has 0 radical (unpaired) electrons. The van der Waals surface area contributed by atoms with Crippen molar-refractivity contribution in [3.63, 3.8) is 0 Å². The van der Waals surface area contributed by atoms with Gasteiger partial charge in [-0.3, -0.25) is 9.59 Å². The number of hydrogen-bond donors (Lipinski definition) is 0. The van der Waals surface area contributed by atoms with Gasteiger partial charge in [0.1, 0.15) is 5.70 Å². The lowest BCUT2D eigenvalue weighted by molar-refractivity contribution is -0.121. The number of rotatable bonds is 3. The maximum atomic E-state index is 13.5. The summed E-state index contributed by atoms with van der Waals surface area (Å²) >= 11 is 12.5. The van der Waals surface area contributed by atoms with Crippen LogP contribution in [0.2, 0.25) is 10.0 Å². The number of hydrogen-bond acceptors (Lipinski definition) is 4. The number of ether oxygens (including phenoxy) is 1. The molecule has 4 rings (SSSR count). The topological polar surface area (TPSA) is 49.9 Å². The molecular weight excluding hydrogens is 411 g/mol. The van der Waals surface area contributed by atoms with E-state index in [1.54, 1.807) is 18.2 Å². The molecule has 1 fully saturated rings. The van der Waals surface area contributed by atoms with Crippen LogP contribution in [0.4, 0.5) is 5.69 Å². The van der Waals surface area contributed by atoms with Crippen LogP contribution in [0.1, 0.15) is 19.4 Å². The number of anilines is 1. The van der Waals surface area contributed by atoms with Gasteiger partial charge in [0.15, 0.2) is 0 Å². The monoisotopic (exact) mass is 430 g/mol. The van der Waals surface area contributed by atoms with Gasteiger partial charge in [0.25, 0.3) is 11.8 Å². The van der Waals surface area contributed by atoms with Gasteiger partial charge < -0.3 is 9.64 Å². The standard InChI is InChI=1S/C22H20Cl2N2O3/c1-13-11-25(12-14(2)29-13)20-18(15-7-4-3-5-8-15)21(27)26(22(20)28)17-10-6-9-16(23)19(17)24/h3-10,13-14H,11-12H2,1-2H3. The molecule has 2 aliphatic rings. The predicted octanol–water partition coefficient (Wildman–Crippen LogP) is 4.39. The lowest BCUT2D eigenvalue weighted by Gasteiger charge is -2.37. The van der Waals surface area contributed by atoms with Gasteiger partial charge in [-0.15, -0.1) is 0 Å². The van der Waals surface area contributed by atoms with E-state index in [1.165, 1.54) is 0 Å². The highest BCUT2D eigenvalue weighted by molar-refractivity contribution is 6.49. The van der Waals surface area contributed by atoms with Crippen molar-refractivity contribution in [2.45, 2.75) is 26.1 Å². The van der Waals surface area contributed by atoms with E-state index >= 15 is 0 Å². The van der Waals surface area contributed by atoms with Crippen LogP contribution in [0.15, 0.2) is 54.2 Å². The van der Waals surface area contributed by atoms with Crippen LogP contribution in [0.25, 0.3) is 5.57 Å². The SMILES string of the molecule is CC1CN(C2=C(c3ccccc3)C(=O)N(c3cccc(Cl)c3Cl)C2=O)CC(C)O1. The van der Waals surface area contributed by atoms with E-state index in [-0.39, 0.29) is 27.9 Å². The normalized spacial score (nSPS) is 22.6. The van der Waals surface area contributed by atoms with E-state index in [0.717, 1.165) is 4.90 Å². The molecule has 0 N–H and O–H groups in total. The summed E-state index contributed by atoms with van der Waals surface area (Å²) in [5, 5.41) is 0.460. The first-order valence-electron chi connectivity index (χ1n) is 9.41. The Kier molecular flexibility index (Phi) is 5.38. The minimum absolute atomic E-state index is 0.0602. The van der Waals surface area contributed by atoms with Gasteiger partial charge in [-0.1, -0.05) is 59.6 Å². The lowest BCUT2D eigenvalue weighted by atomic mass is 10.0. The molecule has 0 aliphatic carbocycles. The number of imide groups is 1. The van der Waals surface area contributed by atoms with Crippen molar-refractivity contribution in [2.75, 3.05) is 18.0 Å². The molecule has 29 heavy (non-hydrogen) atoms. The van der Waals surface area contributed by atoms with Crippen molar-refractivity contribution < 1.29 is 14.3 Å². The Morgan fingerprint density at radius 3 is 2.21 bits per heavy atom. The molecule has 2 aromatic rings. The van der Waals surface area contributed by atoms with Crippen LogP contribution >= 0.6 is 23.2 Å². The first kappa shape index (κ1) is 20.0. The van der Waals surface area contributed by atoms with Crippen molar-refractivity contribution in [1.82, 2.24) is 4.90 Å². The Labute approximate surface area is 179 Å². The average molecular weight is 431 g/mol. The van der Waals surface area contributed by atoms with Gasteiger partial charge >= 0.3 is 0 Å². The number of halogens is 2. The second-order valence-electron chi connectivity index (χ2n) is 7.27. The molecule has 2 aromatic carbocycles. The van der Waals surface area contributed by atoms with Gasteiger partial charge in [-0.05, 0) is 31.5 Å². The zero-order valence-electron chi connectivity index (χ0n) is 16.1. The molecular formula is C22H20Cl2N2O3. The summed E-state index contributed by atoms with van der Waals surface area (Å²) < 4.78 is 5.81. The van der Waals surface area contributed by atoms with E-state index in [4.69, 9.17) is 27.9 Å². The third kappa shape index (κ3) is 3.54. The largest absolute Gasteiger partial charge is 0.372 e. The van der Waals surface area contributed by atoms with Crippen LogP contribution in [0, 0.1) is 0 Å². The van der Waals surface area contributed by atoms with E-state index in [2.05, 4.69) is 0 Å². The highest BCUT2D eigenvalue weighted by Crippen LogP contribution is 2.40. The summed E-state index contributed by atoms with van der Waals surface area (Å²) in [5.74, 6) is -0.813. The van der Waals surface area contributed by atoms with Gasteiger partial charge in [-0.2, -0.15) is 0 Å². The van der Waals surface area contributed by atoms with Gasteiger partial charge in [0, 0.05) is 13.1 Å². The van der Waals surface area contributed by atoms with E-state index < -0.39 is 11.8 Å². The second kappa shape index (κ2) is 7.82. The smallest absolute Gasteiger partial charge is 0.282 e. The van der Waals surface area contributed by atoms with Crippen molar-refractivity contribution in [3.8, 4) is 0 Å². The molecule has 5 nitrogen and oxygen atoms in total. The van der Waals surface area contributed by atoms with Crippen LogP contribution in [-0.4, -0.2) is 42.0 Å². The summed E-state index contributed by atoms with van der Waals surface area (Å²) in [4.78, 5) is 30.1. The fourth-order valence-electron chi connectivity index (χ4n) is 3.92. The molecule has 150 valence electrons. The van der Waals surface area contributed by atoms with Crippen molar-refractivity contribution in [1.29, 1.82) is 0 Å². The molecule has 0 aromatic heterocycles. The molecule has 2 aliphatic heterocycles. The zero-order chi connectivity index (χ0) is 20.7. The minimum atomic E-state index is -0.410. The highest BCUT2D eigenvalue weighted by Gasteiger charge is 2.44. The van der Waals surface area contributed by atoms with Gasteiger partial charge in [0.05, 0.1) is 33.5 Å². The quantitative estimate of drug-likeness (QED) is 0.677. The fraction of sp³-hybridized carbons (Fsp3) is 0.273. The van der Waals surface area contributed by atoms with E-state index in [0.29, 0.717) is 29.9 Å². The third-order valence-corrected chi connectivity index (χ3v) is 5.84. The first-order valence-corrected chi connectivity index (χ1v) is 10.2.